The van der Waals surface area contributed by atoms with Crippen LogP contribution in [0.25, 0.3) is 20.7 Å². The summed E-state index contributed by atoms with van der Waals surface area (Å²) in [4.78, 5) is 21.8. The monoisotopic (exact) mass is 389 g/mol. The highest BCUT2D eigenvalue weighted by molar-refractivity contribution is 8.00. The van der Waals surface area contributed by atoms with Gasteiger partial charge in [0.25, 0.3) is 0 Å². The van der Waals surface area contributed by atoms with Crippen LogP contribution in [0.3, 0.4) is 0 Å². The molecule has 3 aromatic rings. The molecule has 2 heterocycles. The van der Waals surface area contributed by atoms with E-state index < -0.39 is 0 Å². The predicted molar refractivity (Wildman–Crippen MR) is 106 cm³/mol. The third kappa shape index (κ3) is 4.40. The van der Waals surface area contributed by atoms with Crippen LogP contribution in [-0.4, -0.2) is 27.7 Å². The number of halogens is 1. The molecule has 0 aliphatic rings. The molecule has 1 amide bonds. The van der Waals surface area contributed by atoms with Crippen LogP contribution in [0.4, 0.5) is 4.39 Å². The topological polar surface area (TPSA) is 54.9 Å². The highest BCUT2D eigenvalue weighted by Gasteiger charge is 2.14. The molecule has 0 spiro atoms. The molecule has 1 aromatic carbocycles. The van der Waals surface area contributed by atoms with Crippen LogP contribution in [0.5, 0.6) is 0 Å². The average Bonchev–Trinajstić information content (AvgIpc) is 3.09. The van der Waals surface area contributed by atoms with Gasteiger partial charge in [0, 0.05) is 10.9 Å². The zero-order valence-corrected chi connectivity index (χ0v) is 16.3. The molecule has 0 radical (unpaired) electrons. The van der Waals surface area contributed by atoms with Crippen LogP contribution in [0, 0.1) is 5.82 Å². The predicted octanol–water partition coefficient (Wildman–Crippen LogP) is 4.89. The fraction of sp³-hybridized carbons (Fsp3) is 0.316. The van der Waals surface area contributed by atoms with E-state index in [1.54, 1.807) is 23.5 Å². The third-order valence-corrected chi connectivity index (χ3v) is 6.40. The number of benzene rings is 1. The fourth-order valence-electron chi connectivity index (χ4n) is 2.59. The Morgan fingerprint density at radius 3 is 2.65 bits per heavy atom. The minimum absolute atomic E-state index is 0.0192. The van der Waals surface area contributed by atoms with E-state index in [-0.39, 0.29) is 17.8 Å². The first-order valence-corrected chi connectivity index (χ1v) is 10.3. The van der Waals surface area contributed by atoms with Gasteiger partial charge in [0.15, 0.2) is 0 Å². The molecular weight excluding hydrogens is 369 g/mol. The number of amides is 1. The van der Waals surface area contributed by atoms with Gasteiger partial charge in [-0.15, -0.1) is 11.3 Å². The number of hydrogen-bond acceptors (Lipinski definition) is 5. The van der Waals surface area contributed by atoms with Gasteiger partial charge >= 0.3 is 0 Å². The zero-order chi connectivity index (χ0) is 18.5. The Balaban J connectivity index is 1.77. The molecule has 2 aromatic heterocycles. The van der Waals surface area contributed by atoms with Crippen LogP contribution in [-0.2, 0) is 4.79 Å². The smallest absolute Gasteiger partial charge is 0.230 e. The van der Waals surface area contributed by atoms with Crippen LogP contribution in [0.15, 0.2) is 41.7 Å². The lowest BCUT2D eigenvalue weighted by molar-refractivity contribution is -0.119. The summed E-state index contributed by atoms with van der Waals surface area (Å²) in [6.45, 7) is 4.14. The van der Waals surface area contributed by atoms with E-state index in [9.17, 15) is 9.18 Å². The number of hydrogen-bond donors (Lipinski definition) is 1. The Morgan fingerprint density at radius 1 is 1.23 bits per heavy atom. The molecule has 26 heavy (non-hydrogen) atoms. The van der Waals surface area contributed by atoms with Crippen LogP contribution in [0.2, 0.25) is 0 Å². The number of aromatic nitrogens is 2. The number of thiophene rings is 1. The summed E-state index contributed by atoms with van der Waals surface area (Å²) in [7, 11) is 0. The summed E-state index contributed by atoms with van der Waals surface area (Å²) in [5, 5.41) is 3.83. The largest absolute Gasteiger partial charge is 0.353 e. The first kappa shape index (κ1) is 18.8. The first-order chi connectivity index (χ1) is 12.6. The standard InChI is InChI=1S/C19H20FN3OS2/c1-3-14(4-2)23-17(24)10-25-19-18-15(21-11-22-19)9-16(26-18)12-5-7-13(20)8-6-12/h5-9,11,14H,3-4,10H2,1-2H3,(H,23,24). The van der Waals surface area contributed by atoms with E-state index in [2.05, 4.69) is 29.1 Å². The van der Waals surface area contributed by atoms with Crippen molar-refractivity contribution < 1.29 is 9.18 Å². The second kappa shape index (κ2) is 8.60. The molecule has 0 bridgehead atoms. The van der Waals surface area contributed by atoms with Gasteiger partial charge in [0.2, 0.25) is 5.91 Å². The van der Waals surface area contributed by atoms with Crippen molar-refractivity contribution in [2.24, 2.45) is 0 Å². The number of carbonyl (C=O) groups is 1. The summed E-state index contributed by atoms with van der Waals surface area (Å²) >= 11 is 2.98. The number of rotatable bonds is 7. The van der Waals surface area contributed by atoms with Gasteiger partial charge in [0.1, 0.15) is 17.2 Å². The quantitative estimate of drug-likeness (QED) is 0.461. The number of nitrogens with one attached hydrogen (secondary N) is 1. The molecule has 136 valence electrons. The molecule has 0 aliphatic carbocycles. The van der Waals surface area contributed by atoms with E-state index in [4.69, 9.17) is 0 Å². The highest BCUT2D eigenvalue weighted by atomic mass is 32.2. The molecule has 0 unspecified atom stereocenters. The van der Waals surface area contributed by atoms with Gasteiger partial charge in [-0.2, -0.15) is 0 Å². The number of thioether (sulfide) groups is 1. The summed E-state index contributed by atoms with van der Waals surface area (Å²) in [6.07, 6.45) is 3.37. The summed E-state index contributed by atoms with van der Waals surface area (Å²) in [5.41, 5.74) is 1.78. The second-order valence-electron chi connectivity index (χ2n) is 5.88. The van der Waals surface area contributed by atoms with Crippen LogP contribution in [0.1, 0.15) is 26.7 Å². The Labute approximate surface area is 160 Å². The molecule has 1 N–H and O–H groups in total. The maximum Gasteiger partial charge on any atom is 0.230 e. The summed E-state index contributed by atoms with van der Waals surface area (Å²) < 4.78 is 14.1. The minimum atomic E-state index is -0.255. The first-order valence-electron chi connectivity index (χ1n) is 8.53. The van der Waals surface area contributed by atoms with Crippen LogP contribution < -0.4 is 5.32 Å². The Bertz CT molecular complexity index is 891. The normalized spacial score (nSPS) is 11.2. The third-order valence-electron chi connectivity index (χ3n) is 4.10. The summed E-state index contributed by atoms with van der Waals surface area (Å²) in [5.74, 6) is 0.0898. The molecule has 3 rings (SSSR count). The lowest BCUT2D eigenvalue weighted by Gasteiger charge is -2.14. The van der Waals surface area contributed by atoms with E-state index in [0.29, 0.717) is 5.75 Å². The summed E-state index contributed by atoms with van der Waals surface area (Å²) in [6, 6.07) is 8.60. The van der Waals surface area contributed by atoms with Gasteiger partial charge in [-0.3, -0.25) is 4.79 Å². The van der Waals surface area contributed by atoms with E-state index >= 15 is 0 Å². The van der Waals surface area contributed by atoms with Gasteiger partial charge in [0.05, 0.1) is 16.0 Å². The Morgan fingerprint density at radius 2 is 1.96 bits per heavy atom. The average molecular weight is 390 g/mol. The molecule has 0 atom stereocenters. The van der Waals surface area contributed by atoms with E-state index in [1.165, 1.54) is 30.2 Å². The Hall–Kier alpha value is -1.99. The maximum absolute atomic E-state index is 13.1. The van der Waals surface area contributed by atoms with Gasteiger partial charge < -0.3 is 5.32 Å². The molecule has 0 saturated carbocycles. The van der Waals surface area contributed by atoms with Gasteiger partial charge in [-0.25, -0.2) is 14.4 Å². The lowest BCUT2D eigenvalue weighted by Crippen LogP contribution is -2.35. The van der Waals surface area contributed by atoms with Crippen molar-refractivity contribution in [3.8, 4) is 10.4 Å². The lowest BCUT2D eigenvalue weighted by atomic mass is 10.2. The van der Waals surface area contributed by atoms with Crippen molar-refractivity contribution in [3.05, 3.63) is 42.5 Å². The molecule has 0 aliphatic heterocycles. The highest BCUT2D eigenvalue weighted by Crippen LogP contribution is 2.36. The second-order valence-corrected chi connectivity index (χ2v) is 7.90. The van der Waals surface area contributed by atoms with E-state index in [0.717, 1.165) is 38.5 Å². The number of fused-ring (bicyclic) bond motifs is 1. The molecule has 7 heteroatoms. The van der Waals surface area contributed by atoms with Gasteiger partial charge in [-0.05, 0) is 36.6 Å². The Kier molecular flexibility index (Phi) is 6.21. The van der Waals surface area contributed by atoms with Crippen molar-refractivity contribution in [1.82, 2.24) is 15.3 Å². The SMILES string of the molecule is CCC(CC)NC(=O)CSc1ncnc2cc(-c3ccc(F)cc3)sc12. The van der Waals surface area contributed by atoms with Crippen molar-refractivity contribution in [1.29, 1.82) is 0 Å². The van der Waals surface area contributed by atoms with E-state index in [1.807, 2.05) is 6.07 Å². The van der Waals surface area contributed by atoms with Crippen molar-refractivity contribution in [2.45, 2.75) is 37.8 Å². The number of carbonyl (C=O) groups excluding carboxylic acids is 1. The fourth-order valence-corrected chi connectivity index (χ4v) is 4.60. The van der Waals surface area contributed by atoms with Crippen molar-refractivity contribution in [3.63, 3.8) is 0 Å². The molecule has 0 saturated heterocycles. The van der Waals surface area contributed by atoms with Crippen molar-refractivity contribution >= 4 is 39.2 Å². The van der Waals surface area contributed by atoms with Gasteiger partial charge in [-0.1, -0.05) is 37.7 Å². The number of nitrogens with zero attached hydrogens (tertiary/aromatic N) is 2. The minimum Gasteiger partial charge on any atom is -0.353 e. The molecule has 4 nitrogen and oxygen atoms in total. The van der Waals surface area contributed by atoms with Crippen molar-refractivity contribution in [2.75, 3.05) is 5.75 Å². The molecular formula is C19H20FN3OS2. The molecule has 0 fully saturated rings. The maximum atomic E-state index is 13.1. The van der Waals surface area contributed by atoms with Crippen LogP contribution >= 0.6 is 23.1 Å². The zero-order valence-electron chi connectivity index (χ0n) is 14.7.